The summed E-state index contributed by atoms with van der Waals surface area (Å²) >= 11 is 17.9. The van der Waals surface area contributed by atoms with Gasteiger partial charge in [0.25, 0.3) is 11.8 Å². The normalized spacial score (nSPS) is 30.2. The number of aromatic hydroxyl groups is 1. The molecular weight excluding hydrogens is 697 g/mol. The number of likely N-dealkylation sites (tertiary alicyclic amines) is 1. The number of benzene rings is 3. The Kier molecular flexibility index (Phi) is 7.26. The fourth-order valence-electron chi connectivity index (χ4n) is 7.70. The van der Waals surface area contributed by atoms with Gasteiger partial charge < -0.3 is 15.2 Å². The number of hydrogen-bond donors (Lipinski definition) is 2. The zero-order valence-electron chi connectivity index (χ0n) is 24.7. The molecule has 4 aliphatic rings. The summed E-state index contributed by atoms with van der Waals surface area (Å²) in [4.78, 5) is 53.8. The quantitative estimate of drug-likeness (QED) is 0.186. The first-order valence-corrected chi connectivity index (χ1v) is 16.2. The lowest BCUT2D eigenvalue weighted by atomic mass is 9.56. The van der Waals surface area contributed by atoms with E-state index in [9.17, 15) is 24.3 Å². The number of phenols is 1. The molecule has 0 spiro atoms. The molecule has 46 heavy (non-hydrogen) atoms. The van der Waals surface area contributed by atoms with Crippen LogP contribution in [0.2, 0.25) is 0 Å². The summed E-state index contributed by atoms with van der Waals surface area (Å²) in [7, 11) is 2.71. The first-order valence-electron chi connectivity index (χ1n) is 14.7. The molecule has 3 fully saturated rings. The van der Waals surface area contributed by atoms with Crippen molar-refractivity contribution in [3.8, 4) is 11.5 Å². The van der Waals surface area contributed by atoms with Crippen molar-refractivity contribution in [3.63, 3.8) is 0 Å². The second-order valence-corrected chi connectivity index (χ2v) is 14.3. The molecule has 3 aromatic rings. The smallest absolute Gasteiger partial charge is 0.253 e. The van der Waals surface area contributed by atoms with E-state index in [-0.39, 0.29) is 35.8 Å². The first-order chi connectivity index (χ1) is 21.9. The van der Waals surface area contributed by atoms with E-state index in [1.54, 1.807) is 36.4 Å². The largest absolute Gasteiger partial charge is 0.504 e. The van der Waals surface area contributed by atoms with Gasteiger partial charge in [-0.1, -0.05) is 45.8 Å². The number of anilines is 3. The number of halogens is 3. The van der Waals surface area contributed by atoms with Crippen LogP contribution in [0.15, 0.2) is 82.9 Å². The molecule has 6 unspecified atom stereocenters. The summed E-state index contributed by atoms with van der Waals surface area (Å²) in [5.74, 6) is -5.73. The van der Waals surface area contributed by atoms with Crippen molar-refractivity contribution in [2.45, 2.75) is 28.5 Å². The monoisotopic (exact) mass is 723 g/mol. The maximum absolute atomic E-state index is 14.3. The number of allylic oxidation sites excluding steroid dienone is 2. The third-order valence-electron chi connectivity index (χ3n) is 9.80. The highest BCUT2D eigenvalue weighted by Crippen LogP contribution is 2.66. The number of nitrogens with one attached hydrogen (secondary N) is 1. The second-order valence-electron chi connectivity index (χ2n) is 12.1. The predicted molar refractivity (Wildman–Crippen MR) is 176 cm³/mol. The van der Waals surface area contributed by atoms with Crippen molar-refractivity contribution in [3.05, 3.63) is 88.4 Å². The summed E-state index contributed by atoms with van der Waals surface area (Å²) in [6, 6.07) is 19.8. The molecular formula is C34H28BrCl2N3O6. The Labute approximate surface area is 283 Å². The van der Waals surface area contributed by atoms with Crippen LogP contribution in [-0.4, -0.2) is 57.5 Å². The third kappa shape index (κ3) is 4.19. The van der Waals surface area contributed by atoms with Crippen LogP contribution < -0.4 is 15.0 Å². The Morgan fingerprint density at radius 3 is 2.28 bits per heavy atom. The highest BCUT2D eigenvalue weighted by Gasteiger charge is 2.76. The van der Waals surface area contributed by atoms with Gasteiger partial charge in [0, 0.05) is 34.4 Å². The van der Waals surface area contributed by atoms with E-state index in [0.717, 1.165) is 16.3 Å². The van der Waals surface area contributed by atoms with Gasteiger partial charge in [-0.05, 0) is 67.3 Å². The number of hydrogen-bond acceptors (Lipinski definition) is 7. The minimum atomic E-state index is -2.02. The number of ether oxygens (including phenoxy) is 1. The summed E-state index contributed by atoms with van der Waals surface area (Å²) < 4.78 is 5.92. The number of amides is 4. The van der Waals surface area contributed by atoms with Crippen molar-refractivity contribution >= 4 is 79.8 Å². The molecule has 0 radical (unpaired) electrons. The fraction of sp³-hybridized carbons (Fsp3) is 0.294. The van der Waals surface area contributed by atoms with Crippen LogP contribution in [0.4, 0.5) is 17.1 Å². The average molecular weight is 725 g/mol. The van der Waals surface area contributed by atoms with Gasteiger partial charge in [-0.3, -0.25) is 29.0 Å². The van der Waals surface area contributed by atoms with E-state index in [0.29, 0.717) is 15.7 Å². The maximum atomic E-state index is 14.3. The Hall–Kier alpha value is -3.86. The zero-order chi connectivity index (χ0) is 32.7. The van der Waals surface area contributed by atoms with Gasteiger partial charge in [0.05, 0.1) is 24.6 Å². The number of phenolic OH excluding ortho intramolecular Hbond substituents is 1. The topological polar surface area (TPSA) is 116 Å². The number of imide groups is 2. The number of carbonyl (C=O) groups is 4. The predicted octanol–water partition coefficient (Wildman–Crippen LogP) is 6.10. The SMILES string of the molecule is COc1cc(Br)cc(C2C3=CCC4C(=O)N(c5ccc(Nc6ccccc6)cc5)C(=O)C4C3CC3(Cl)C(=O)N(C)C(=O)C23Cl)c1O. The van der Waals surface area contributed by atoms with Crippen LogP contribution in [0.25, 0.3) is 0 Å². The van der Waals surface area contributed by atoms with E-state index in [2.05, 4.69) is 21.2 Å². The molecule has 0 bridgehead atoms. The molecule has 12 heteroatoms. The molecule has 236 valence electrons. The number of methoxy groups -OCH3 is 1. The van der Waals surface area contributed by atoms with Crippen molar-refractivity contribution in [1.29, 1.82) is 0 Å². The molecule has 3 aromatic carbocycles. The van der Waals surface area contributed by atoms with Crippen LogP contribution >= 0.6 is 39.1 Å². The van der Waals surface area contributed by atoms with E-state index < -0.39 is 51.1 Å². The van der Waals surface area contributed by atoms with Gasteiger partial charge in [-0.15, -0.1) is 23.2 Å². The molecule has 9 nitrogen and oxygen atoms in total. The molecule has 4 amide bonds. The number of fused-ring (bicyclic) bond motifs is 4. The molecule has 2 heterocycles. The van der Waals surface area contributed by atoms with Crippen molar-refractivity contribution in [2.75, 3.05) is 24.4 Å². The van der Waals surface area contributed by atoms with E-state index in [1.165, 1.54) is 19.1 Å². The molecule has 0 aromatic heterocycles. The molecule has 1 saturated carbocycles. The second kappa shape index (κ2) is 10.9. The number of carbonyl (C=O) groups excluding carboxylic acids is 4. The van der Waals surface area contributed by atoms with Crippen LogP contribution in [-0.2, 0) is 19.2 Å². The molecule has 2 saturated heterocycles. The van der Waals surface area contributed by atoms with E-state index >= 15 is 0 Å². The third-order valence-corrected chi connectivity index (χ3v) is 11.7. The van der Waals surface area contributed by atoms with Crippen molar-refractivity contribution < 1.29 is 29.0 Å². The lowest BCUT2D eigenvalue weighted by Gasteiger charge is -2.50. The van der Waals surface area contributed by atoms with Gasteiger partial charge >= 0.3 is 0 Å². The van der Waals surface area contributed by atoms with E-state index in [1.807, 2.05) is 36.4 Å². The highest BCUT2D eigenvalue weighted by molar-refractivity contribution is 9.10. The minimum Gasteiger partial charge on any atom is -0.504 e. The van der Waals surface area contributed by atoms with Gasteiger partial charge in [-0.2, -0.15) is 0 Å². The summed E-state index contributed by atoms with van der Waals surface area (Å²) in [6.45, 7) is 0. The zero-order valence-corrected chi connectivity index (χ0v) is 27.8. The Bertz CT molecular complexity index is 1850. The molecule has 7 rings (SSSR count). The van der Waals surface area contributed by atoms with Gasteiger partial charge in [0.15, 0.2) is 21.2 Å². The number of para-hydroxylation sites is 1. The highest BCUT2D eigenvalue weighted by atomic mass is 79.9. The molecule has 6 atom stereocenters. The van der Waals surface area contributed by atoms with Crippen LogP contribution in [0.3, 0.4) is 0 Å². The summed E-state index contributed by atoms with van der Waals surface area (Å²) in [6.07, 6.45) is 1.88. The summed E-state index contributed by atoms with van der Waals surface area (Å²) in [5.41, 5.74) is 2.89. The van der Waals surface area contributed by atoms with Crippen LogP contribution in [0.5, 0.6) is 11.5 Å². The maximum Gasteiger partial charge on any atom is 0.253 e. The Morgan fingerprint density at radius 2 is 1.61 bits per heavy atom. The van der Waals surface area contributed by atoms with Crippen LogP contribution in [0.1, 0.15) is 24.3 Å². The Morgan fingerprint density at radius 1 is 0.935 bits per heavy atom. The van der Waals surface area contributed by atoms with Gasteiger partial charge in [0.2, 0.25) is 11.8 Å². The molecule has 2 aliphatic heterocycles. The number of nitrogens with zero attached hydrogens (tertiary/aromatic N) is 2. The van der Waals surface area contributed by atoms with Gasteiger partial charge in [0.1, 0.15) is 0 Å². The number of rotatable bonds is 5. The average Bonchev–Trinajstić information content (AvgIpc) is 3.37. The van der Waals surface area contributed by atoms with E-state index in [4.69, 9.17) is 27.9 Å². The lowest BCUT2D eigenvalue weighted by Crippen LogP contribution is -2.60. The number of alkyl halides is 2. The summed E-state index contributed by atoms with van der Waals surface area (Å²) in [5, 5.41) is 14.6. The minimum absolute atomic E-state index is 0.120. The lowest BCUT2D eigenvalue weighted by molar-refractivity contribution is -0.138. The first kappa shape index (κ1) is 30.8. The van der Waals surface area contributed by atoms with Crippen molar-refractivity contribution in [2.24, 2.45) is 17.8 Å². The van der Waals surface area contributed by atoms with Crippen LogP contribution in [0, 0.1) is 17.8 Å². The molecule has 2 aliphatic carbocycles. The van der Waals surface area contributed by atoms with Crippen molar-refractivity contribution in [1.82, 2.24) is 4.90 Å². The fourth-order valence-corrected chi connectivity index (χ4v) is 9.16. The van der Waals surface area contributed by atoms with Gasteiger partial charge in [-0.25, -0.2) is 0 Å². The standard InChI is InChI=1S/C34H28BrCl2N3O6/c1-39-31(44)33(36)16-24-21(27(34(33,37)32(39)45)23-14-17(35)15-25(46-2)28(23)41)12-13-22-26(24)30(43)40(29(22)42)20-10-8-19(9-11-20)38-18-6-4-3-5-7-18/h3-12,14-15,22,24,26-27,38,41H,13,16H2,1-2H3. The Balaban J connectivity index is 1.30. The molecule has 2 N–H and O–H groups in total.